The predicted molar refractivity (Wildman–Crippen MR) is 110 cm³/mol. The number of hydrogen-bond acceptors (Lipinski definition) is 6. The Hall–Kier alpha value is -3.72. The van der Waals surface area contributed by atoms with Crippen LogP contribution in [0.5, 0.6) is 0 Å². The summed E-state index contributed by atoms with van der Waals surface area (Å²) in [6.07, 6.45) is 0. The second-order valence-corrected chi connectivity index (χ2v) is 6.79. The van der Waals surface area contributed by atoms with Crippen LogP contribution >= 0.6 is 11.3 Å². The van der Waals surface area contributed by atoms with E-state index in [9.17, 15) is 14.4 Å². The number of aromatic nitrogens is 1. The summed E-state index contributed by atoms with van der Waals surface area (Å²) in [5.41, 5.74) is 7.09. The van der Waals surface area contributed by atoms with Crippen LogP contribution in [-0.2, 0) is 16.1 Å². The average molecular weight is 410 g/mol. The van der Waals surface area contributed by atoms with E-state index in [1.165, 1.54) is 35.3 Å². The summed E-state index contributed by atoms with van der Waals surface area (Å²) in [5.74, 6) is -0.699. The Bertz CT molecular complexity index is 1020. The number of para-hydroxylation sites is 1. The van der Waals surface area contributed by atoms with Gasteiger partial charge >= 0.3 is 12.0 Å². The normalized spacial score (nSPS) is 10.2. The number of anilines is 3. The van der Waals surface area contributed by atoms with Crippen LogP contribution in [0.1, 0.15) is 23.0 Å². The van der Waals surface area contributed by atoms with Gasteiger partial charge in [-0.1, -0.05) is 18.2 Å². The van der Waals surface area contributed by atoms with Crippen LogP contribution in [0.25, 0.3) is 0 Å². The summed E-state index contributed by atoms with van der Waals surface area (Å²) in [7, 11) is 0. The second-order valence-electron chi connectivity index (χ2n) is 5.95. The van der Waals surface area contributed by atoms with E-state index in [1.807, 2.05) is 30.3 Å². The van der Waals surface area contributed by atoms with E-state index in [0.717, 1.165) is 0 Å². The van der Waals surface area contributed by atoms with Crippen molar-refractivity contribution < 1.29 is 19.1 Å². The molecule has 0 fully saturated rings. The van der Waals surface area contributed by atoms with Crippen molar-refractivity contribution in [2.24, 2.45) is 5.73 Å². The molecule has 0 saturated heterocycles. The van der Waals surface area contributed by atoms with Gasteiger partial charge in [-0.15, -0.1) is 11.3 Å². The number of hydrogen-bond donors (Lipinski definition) is 2. The minimum atomic E-state index is -0.685. The Morgan fingerprint density at radius 2 is 1.79 bits per heavy atom. The number of primary amides is 1. The summed E-state index contributed by atoms with van der Waals surface area (Å²) in [6.45, 7) is 1.43. The van der Waals surface area contributed by atoms with E-state index >= 15 is 0 Å². The lowest BCUT2D eigenvalue weighted by atomic mass is 10.2. The fourth-order valence-electron chi connectivity index (χ4n) is 2.52. The summed E-state index contributed by atoms with van der Waals surface area (Å²) in [5, 5.41) is 4.64. The third-order valence-electron chi connectivity index (χ3n) is 3.80. The van der Waals surface area contributed by atoms with Gasteiger partial charge in [0.2, 0.25) is 5.91 Å². The van der Waals surface area contributed by atoms with Crippen molar-refractivity contribution in [2.45, 2.75) is 13.5 Å². The molecule has 0 aliphatic carbocycles. The van der Waals surface area contributed by atoms with Crippen LogP contribution in [0, 0.1) is 0 Å². The van der Waals surface area contributed by atoms with Crippen molar-refractivity contribution in [1.82, 2.24) is 4.98 Å². The summed E-state index contributed by atoms with van der Waals surface area (Å²) in [4.78, 5) is 41.0. The maximum Gasteiger partial charge on any atom is 0.338 e. The molecule has 0 aliphatic rings. The molecule has 0 unspecified atom stereocenters. The predicted octanol–water partition coefficient (Wildman–Crippen LogP) is 3.68. The molecule has 0 bridgehead atoms. The number of carbonyl (C=O) groups is 3. The van der Waals surface area contributed by atoms with Gasteiger partial charge in [-0.2, -0.15) is 0 Å². The maximum absolute atomic E-state index is 12.2. The van der Waals surface area contributed by atoms with Gasteiger partial charge in [0, 0.05) is 18.0 Å². The topological polar surface area (TPSA) is 115 Å². The van der Waals surface area contributed by atoms with Crippen molar-refractivity contribution in [3.8, 4) is 0 Å². The summed E-state index contributed by atoms with van der Waals surface area (Å²) < 4.78 is 5.28. The Morgan fingerprint density at radius 1 is 1.10 bits per heavy atom. The number of nitrogens with zero attached hydrogens (tertiary/aromatic N) is 2. The molecule has 3 rings (SSSR count). The first-order valence-corrected chi connectivity index (χ1v) is 9.46. The van der Waals surface area contributed by atoms with E-state index in [-0.39, 0.29) is 12.5 Å². The lowest BCUT2D eigenvalue weighted by Gasteiger charge is -2.17. The molecule has 0 atom stereocenters. The van der Waals surface area contributed by atoms with Crippen LogP contribution < -0.4 is 16.0 Å². The minimum Gasteiger partial charge on any atom is -0.456 e. The SMILES string of the molecule is CC(=O)N(c1ccccc1)c1nc(COC(=O)c2ccc(NC(N)=O)cc2)cs1. The molecule has 29 heavy (non-hydrogen) atoms. The van der Waals surface area contributed by atoms with Gasteiger partial charge in [0.15, 0.2) is 5.13 Å². The molecule has 0 aliphatic heterocycles. The van der Waals surface area contributed by atoms with Gasteiger partial charge in [0.05, 0.1) is 16.9 Å². The molecule has 3 amide bonds. The molecule has 3 N–H and O–H groups in total. The number of amides is 3. The number of nitrogens with one attached hydrogen (secondary N) is 1. The number of benzene rings is 2. The summed E-state index contributed by atoms with van der Waals surface area (Å²) in [6, 6.07) is 14.6. The van der Waals surface area contributed by atoms with Crippen LogP contribution in [0.3, 0.4) is 0 Å². The molecular weight excluding hydrogens is 392 g/mol. The van der Waals surface area contributed by atoms with E-state index in [2.05, 4.69) is 10.3 Å². The van der Waals surface area contributed by atoms with E-state index in [0.29, 0.717) is 27.8 Å². The van der Waals surface area contributed by atoms with Crippen LogP contribution in [0.2, 0.25) is 0 Å². The molecule has 3 aromatic rings. The second kappa shape index (κ2) is 8.98. The van der Waals surface area contributed by atoms with Crippen molar-refractivity contribution in [3.05, 3.63) is 71.2 Å². The van der Waals surface area contributed by atoms with Crippen molar-refractivity contribution >= 4 is 45.8 Å². The number of rotatable bonds is 6. The largest absolute Gasteiger partial charge is 0.456 e. The Labute approximate surface area is 170 Å². The number of esters is 1. The lowest BCUT2D eigenvalue weighted by molar-refractivity contribution is -0.115. The van der Waals surface area contributed by atoms with Gasteiger partial charge in [0.1, 0.15) is 6.61 Å². The Balaban J connectivity index is 1.64. The maximum atomic E-state index is 12.2. The highest BCUT2D eigenvalue weighted by Crippen LogP contribution is 2.29. The highest BCUT2D eigenvalue weighted by molar-refractivity contribution is 7.14. The monoisotopic (exact) mass is 410 g/mol. The molecule has 8 nitrogen and oxygen atoms in total. The first-order chi connectivity index (χ1) is 13.9. The first-order valence-electron chi connectivity index (χ1n) is 8.58. The Morgan fingerprint density at radius 3 is 2.41 bits per heavy atom. The molecule has 1 heterocycles. The van der Waals surface area contributed by atoms with Crippen LogP contribution in [-0.4, -0.2) is 22.9 Å². The van der Waals surface area contributed by atoms with Crippen molar-refractivity contribution in [1.29, 1.82) is 0 Å². The molecule has 0 spiro atoms. The molecule has 0 radical (unpaired) electrons. The molecule has 0 saturated carbocycles. The van der Waals surface area contributed by atoms with Crippen LogP contribution in [0.4, 0.5) is 21.3 Å². The van der Waals surface area contributed by atoms with Gasteiger partial charge in [-0.05, 0) is 36.4 Å². The van der Waals surface area contributed by atoms with Gasteiger partial charge in [-0.3, -0.25) is 9.69 Å². The third kappa shape index (κ3) is 5.17. The zero-order chi connectivity index (χ0) is 20.8. The minimum absolute atomic E-state index is 0.0306. The fourth-order valence-corrected chi connectivity index (χ4v) is 3.40. The zero-order valence-electron chi connectivity index (χ0n) is 15.5. The molecule has 9 heteroatoms. The van der Waals surface area contributed by atoms with E-state index < -0.39 is 12.0 Å². The van der Waals surface area contributed by atoms with Crippen molar-refractivity contribution in [2.75, 3.05) is 10.2 Å². The zero-order valence-corrected chi connectivity index (χ0v) is 16.3. The smallest absolute Gasteiger partial charge is 0.338 e. The lowest BCUT2D eigenvalue weighted by Crippen LogP contribution is -2.22. The quantitative estimate of drug-likeness (QED) is 0.602. The molecule has 148 valence electrons. The summed E-state index contributed by atoms with van der Waals surface area (Å²) >= 11 is 1.29. The number of thiazole rings is 1. The number of urea groups is 1. The van der Waals surface area contributed by atoms with Crippen molar-refractivity contribution in [3.63, 3.8) is 0 Å². The third-order valence-corrected chi connectivity index (χ3v) is 4.67. The molecule has 1 aromatic heterocycles. The molecular formula is C20H18N4O4S. The molecule has 2 aromatic carbocycles. The number of ether oxygens (including phenoxy) is 1. The van der Waals surface area contributed by atoms with Crippen LogP contribution in [0.15, 0.2) is 60.0 Å². The van der Waals surface area contributed by atoms with E-state index in [4.69, 9.17) is 10.5 Å². The van der Waals surface area contributed by atoms with E-state index in [1.54, 1.807) is 17.5 Å². The average Bonchev–Trinajstić information content (AvgIpc) is 3.15. The number of nitrogens with two attached hydrogens (primary N) is 1. The standard InChI is InChI=1S/C20H18N4O4S/c1-13(25)24(17-5-3-2-4-6-17)20-23-16(12-29-20)11-28-18(26)14-7-9-15(10-8-14)22-19(21)27/h2-10,12H,11H2,1H3,(H3,21,22,27). The van der Waals surface area contributed by atoms with Gasteiger partial charge < -0.3 is 15.8 Å². The first kappa shape index (κ1) is 20.0. The van der Waals surface area contributed by atoms with Gasteiger partial charge in [0.25, 0.3) is 0 Å². The Kier molecular flexibility index (Phi) is 6.20. The highest BCUT2D eigenvalue weighted by Gasteiger charge is 2.18. The highest BCUT2D eigenvalue weighted by atomic mass is 32.1. The number of carbonyl (C=O) groups excluding carboxylic acids is 3. The fraction of sp³-hybridized carbons (Fsp3) is 0.100. The van der Waals surface area contributed by atoms with Gasteiger partial charge in [-0.25, -0.2) is 14.6 Å².